The Balaban J connectivity index is 2.29. The minimum atomic E-state index is -3.65. The number of imidazole rings is 1. The minimum absolute atomic E-state index is 0.00344. The molecule has 19 heavy (non-hydrogen) atoms. The molecule has 1 aliphatic heterocycles. The molecule has 1 amide bonds. The normalized spacial score (nSPS) is 25.4. The molecule has 2 rings (SSSR count). The van der Waals surface area contributed by atoms with Crippen molar-refractivity contribution in [3.8, 4) is 0 Å². The Morgan fingerprint density at radius 2 is 2.21 bits per heavy atom. The Morgan fingerprint density at radius 1 is 1.53 bits per heavy atom. The highest BCUT2D eigenvalue weighted by Gasteiger charge is 2.41. The van der Waals surface area contributed by atoms with Crippen molar-refractivity contribution in [2.75, 3.05) is 13.1 Å². The molecule has 1 aromatic heterocycles. The van der Waals surface area contributed by atoms with Crippen molar-refractivity contribution in [1.29, 1.82) is 0 Å². The third-order valence-corrected chi connectivity index (χ3v) is 5.27. The minimum Gasteiger partial charge on any atom is -0.369 e. The number of piperidine rings is 1. The van der Waals surface area contributed by atoms with Crippen LogP contribution >= 0.6 is 0 Å². The van der Waals surface area contributed by atoms with Crippen LogP contribution in [-0.2, 0) is 21.9 Å². The lowest BCUT2D eigenvalue weighted by molar-refractivity contribution is -0.128. The number of nitrogens with zero attached hydrogens (tertiary/aromatic N) is 3. The van der Waals surface area contributed by atoms with Crippen LogP contribution in [0.4, 0.5) is 0 Å². The zero-order valence-electron chi connectivity index (χ0n) is 11.0. The van der Waals surface area contributed by atoms with Crippen molar-refractivity contribution in [3.05, 3.63) is 12.5 Å². The van der Waals surface area contributed by atoms with Crippen LogP contribution in [0.3, 0.4) is 0 Å². The first-order valence-corrected chi connectivity index (χ1v) is 7.48. The molecule has 1 fully saturated rings. The SMILES string of the molecule is Cn1cnc(S(=O)(=O)N2CCC[C@](C)(C(N)=O)C2)c1. The monoisotopic (exact) mass is 286 g/mol. The van der Waals surface area contributed by atoms with Gasteiger partial charge in [0.25, 0.3) is 10.0 Å². The molecule has 1 aliphatic rings. The molecule has 0 bridgehead atoms. The van der Waals surface area contributed by atoms with E-state index >= 15 is 0 Å². The van der Waals surface area contributed by atoms with Crippen LogP contribution < -0.4 is 5.73 Å². The third-order valence-electron chi connectivity index (χ3n) is 3.54. The van der Waals surface area contributed by atoms with E-state index in [9.17, 15) is 13.2 Å². The number of aromatic nitrogens is 2. The summed E-state index contributed by atoms with van der Waals surface area (Å²) in [7, 11) is -1.95. The van der Waals surface area contributed by atoms with Gasteiger partial charge in [0, 0.05) is 26.3 Å². The fourth-order valence-electron chi connectivity index (χ4n) is 2.25. The van der Waals surface area contributed by atoms with E-state index < -0.39 is 21.3 Å². The van der Waals surface area contributed by atoms with Crippen molar-refractivity contribution in [2.45, 2.75) is 24.8 Å². The summed E-state index contributed by atoms with van der Waals surface area (Å²) in [5.74, 6) is -0.464. The number of amides is 1. The second kappa shape index (κ2) is 4.61. The van der Waals surface area contributed by atoms with Gasteiger partial charge in [0.15, 0.2) is 5.03 Å². The molecule has 0 unspecified atom stereocenters. The number of hydrogen-bond acceptors (Lipinski definition) is 4. The number of aryl methyl sites for hydroxylation is 1. The molecule has 106 valence electrons. The van der Waals surface area contributed by atoms with Gasteiger partial charge in [-0.1, -0.05) is 0 Å². The maximum Gasteiger partial charge on any atom is 0.262 e. The van der Waals surface area contributed by atoms with Gasteiger partial charge in [-0.15, -0.1) is 0 Å². The lowest BCUT2D eigenvalue weighted by Crippen LogP contribution is -2.50. The molecule has 8 heteroatoms. The van der Waals surface area contributed by atoms with E-state index in [0.29, 0.717) is 19.4 Å². The Kier molecular flexibility index (Phi) is 3.40. The fraction of sp³-hybridized carbons (Fsp3) is 0.636. The molecule has 0 radical (unpaired) electrons. The first-order valence-electron chi connectivity index (χ1n) is 6.04. The molecule has 2 N–H and O–H groups in total. The first kappa shape index (κ1) is 14.0. The van der Waals surface area contributed by atoms with Crippen molar-refractivity contribution < 1.29 is 13.2 Å². The molecular weight excluding hydrogens is 268 g/mol. The lowest BCUT2D eigenvalue weighted by atomic mass is 9.82. The number of sulfonamides is 1. The zero-order chi connectivity index (χ0) is 14.3. The van der Waals surface area contributed by atoms with Crippen molar-refractivity contribution in [2.24, 2.45) is 18.2 Å². The fourth-order valence-corrected chi connectivity index (χ4v) is 3.82. The Hall–Kier alpha value is -1.41. The van der Waals surface area contributed by atoms with Crippen LogP contribution in [0.15, 0.2) is 17.6 Å². The summed E-state index contributed by atoms with van der Waals surface area (Å²) >= 11 is 0. The van der Waals surface area contributed by atoms with Gasteiger partial charge in [0.2, 0.25) is 5.91 Å². The third kappa shape index (κ3) is 2.50. The average molecular weight is 286 g/mol. The number of nitrogens with two attached hydrogens (primary N) is 1. The number of primary amides is 1. The molecular formula is C11H18N4O3S. The van der Waals surface area contributed by atoms with Gasteiger partial charge >= 0.3 is 0 Å². The molecule has 0 spiro atoms. The predicted molar refractivity (Wildman–Crippen MR) is 68.5 cm³/mol. The summed E-state index contributed by atoms with van der Waals surface area (Å²) in [6.45, 7) is 2.21. The lowest BCUT2D eigenvalue weighted by Gasteiger charge is -2.36. The first-order chi connectivity index (χ1) is 8.75. The average Bonchev–Trinajstić information content (AvgIpc) is 2.76. The van der Waals surface area contributed by atoms with Crippen molar-refractivity contribution >= 4 is 15.9 Å². The molecule has 2 heterocycles. The van der Waals surface area contributed by atoms with Crippen LogP contribution in [0.2, 0.25) is 0 Å². The summed E-state index contributed by atoms with van der Waals surface area (Å²) in [5.41, 5.74) is 4.56. The van der Waals surface area contributed by atoms with Crippen LogP contribution in [0, 0.1) is 5.41 Å². The maximum atomic E-state index is 12.4. The predicted octanol–water partition coefficient (Wildman–Crippen LogP) is -0.304. The Bertz CT molecular complexity index is 595. The summed E-state index contributed by atoms with van der Waals surface area (Å²) in [6.07, 6.45) is 4.11. The van der Waals surface area contributed by atoms with E-state index in [-0.39, 0.29) is 11.6 Å². The maximum absolute atomic E-state index is 12.4. The highest BCUT2D eigenvalue weighted by atomic mass is 32.2. The molecule has 0 aromatic carbocycles. The van der Waals surface area contributed by atoms with E-state index in [0.717, 1.165) is 0 Å². The second-order valence-electron chi connectivity index (χ2n) is 5.24. The quantitative estimate of drug-likeness (QED) is 0.824. The largest absolute Gasteiger partial charge is 0.369 e. The van der Waals surface area contributed by atoms with Gasteiger partial charge < -0.3 is 10.3 Å². The summed E-state index contributed by atoms with van der Waals surface area (Å²) in [4.78, 5) is 15.3. The van der Waals surface area contributed by atoms with E-state index in [1.807, 2.05) is 0 Å². The van der Waals surface area contributed by atoms with Crippen molar-refractivity contribution in [1.82, 2.24) is 13.9 Å². The topological polar surface area (TPSA) is 98.3 Å². The van der Waals surface area contributed by atoms with Crippen molar-refractivity contribution in [3.63, 3.8) is 0 Å². The Labute approximate surface area is 112 Å². The number of carbonyl (C=O) groups is 1. The van der Waals surface area contributed by atoms with E-state index in [1.165, 1.54) is 16.8 Å². The van der Waals surface area contributed by atoms with E-state index in [1.54, 1.807) is 18.5 Å². The number of carbonyl (C=O) groups excluding carboxylic acids is 1. The van der Waals surface area contributed by atoms with Gasteiger partial charge in [-0.05, 0) is 19.8 Å². The van der Waals surface area contributed by atoms with Gasteiger partial charge in [0.05, 0.1) is 11.7 Å². The highest BCUT2D eigenvalue weighted by Crippen LogP contribution is 2.31. The molecule has 1 saturated heterocycles. The summed E-state index contributed by atoms with van der Waals surface area (Å²) < 4.78 is 27.7. The second-order valence-corrected chi connectivity index (χ2v) is 7.13. The van der Waals surface area contributed by atoms with Gasteiger partial charge in [-0.3, -0.25) is 4.79 Å². The van der Waals surface area contributed by atoms with E-state index in [4.69, 9.17) is 5.73 Å². The highest BCUT2D eigenvalue weighted by molar-refractivity contribution is 7.89. The molecule has 0 aliphatic carbocycles. The van der Waals surface area contributed by atoms with Crippen LogP contribution in [0.5, 0.6) is 0 Å². The molecule has 1 aromatic rings. The smallest absolute Gasteiger partial charge is 0.262 e. The number of hydrogen-bond donors (Lipinski definition) is 1. The summed E-state index contributed by atoms with van der Waals surface area (Å²) in [6, 6.07) is 0. The van der Waals surface area contributed by atoms with Crippen LogP contribution in [0.1, 0.15) is 19.8 Å². The molecule has 0 saturated carbocycles. The molecule has 1 atom stereocenters. The standard InChI is InChI=1S/C11H18N4O3S/c1-11(10(12)16)4-3-5-15(7-11)19(17,18)9-6-14(2)8-13-9/h6,8H,3-5,7H2,1-2H3,(H2,12,16)/t11-/m0/s1. The van der Waals surface area contributed by atoms with Gasteiger partial charge in [0.1, 0.15) is 0 Å². The zero-order valence-corrected chi connectivity index (χ0v) is 11.9. The van der Waals surface area contributed by atoms with Crippen LogP contribution in [-0.4, -0.2) is 41.3 Å². The van der Waals surface area contributed by atoms with Gasteiger partial charge in [-0.25, -0.2) is 13.4 Å². The molecule has 7 nitrogen and oxygen atoms in total. The van der Waals surface area contributed by atoms with Crippen LogP contribution in [0.25, 0.3) is 0 Å². The van der Waals surface area contributed by atoms with Gasteiger partial charge in [-0.2, -0.15) is 4.31 Å². The van der Waals surface area contributed by atoms with E-state index in [2.05, 4.69) is 4.98 Å². The Morgan fingerprint density at radius 3 is 2.74 bits per heavy atom. The summed E-state index contributed by atoms with van der Waals surface area (Å²) in [5, 5.41) is 0.00344. The number of rotatable bonds is 3.